The Morgan fingerprint density at radius 3 is 2.94 bits per heavy atom. The second kappa shape index (κ2) is 5.09. The Labute approximate surface area is 104 Å². The Kier molecular flexibility index (Phi) is 3.72. The molecule has 0 radical (unpaired) electrons. The molecule has 1 aromatic carbocycles. The zero-order chi connectivity index (χ0) is 12.3. The molecule has 1 aromatic rings. The van der Waals surface area contributed by atoms with Crippen LogP contribution in [0, 0.1) is 5.92 Å². The van der Waals surface area contributed by atoms with Gasteiger partial charge in [0.1, 0.15) is 5.75 Å². The van der Waals surface area contributed by atoms with Crippen LogP contribution in [0.15, 0.2) is 24.3 Å². The van der Waals surface area contributed by atoms with Gasteiger partial charge in [-0.3, -0.25) is 0 Å². The van der Waals surface area contributed by atoms with Crippen LogP contribution in [0.3, 0.4) is 0 Å². The van der Waals surface area contributed by atoms with Crippen LogP contribution in [0.2, 0.25) is 0 Å². The normalized spacial score (nSPS) is 29.0. The number of hydrogen-bond donors (Lipinski definition) is 1. The van der Waals surface area contributed by atoms with Crippen molar-refractivity contribution in [3.8, 4) is 5.75 Å². The van der Waals surface area contributed by atoms with Gasteiger partial charge in [-0.15, -0.1) is 0 Å². The molecule has 0 saturated heterocycles. The first kappa shape index (κ1) is 12.4. The molecule has 0 aliphatic heterocycles. The molecule has 2 rings (SSSR count). The Bertz CT molecular complexity index is 377. The van der Waals surface area contributed by atoms with E-state index in [4.69, 9.17) is 10.5 Å². The van der Waals surface area contributed by atoms with Crippen LogP contribution < -0.4 is 10.5 Å². The number of rotatable bonds is 3. The smallest absolute Gasteiger partial charge is 0.119 e. The lowest BCUT2D eigenvalue weighted by atomic mass is 9.70. The lowest BCUT2D eigenvalue weighted by Gasteiger charge is -2.40. The average molecular weight is 233 g/mol. The van der Waals surface area contributed by atoms with Crippen molar-refractivity contribution in [3.05, 3.63) is 29.8 Å². The highest BCUT2D eigenvalue weighted by atomic mass is 16.5. The van der Waals surface area contributed by atoms with E-state index in [2.05, 4.69) is 25.1 Å². The summed E-state index contributed by atoms with van der Waals surface area (Å²) in [5.74, 6) is 1.49. The monoisotopic (exact) mass is 233 g/mol. The van der Waals surface area contributed by atoms with Crippen LogP contribution in [-0.4, -0.2) is 6.61 Å². The lowest BCUT2D eigenvalue weighted by molar-refractivity contribution is 0.206. The van der Waals surface area contributed by atoms with Crippen LogP contribution in [0.5, 0.6) is 5.75 Å². The van der Waals surface area contributed by atoms with E-state index < -0.39 is 0 Å². The molecule has 94 valence electrons. The molecule has 2 heteroatoms. The first-order valence-electron chi connectivity index (χ1n) is 6.69. The molecule has 0 spiro atoms. The maximum absolute atomic E-state index is 6.63. The first-order chi connectivity index (χ1) is 8.16. The summed E-state index contributed by atoms with van der Waals surface area (Å²) in [6.07, 6.45) is 4.87. The minimum absolute atomic E-state index is 0.161. The van der Waals surface area contributed by atoms with Gasteiger partial charge in [0.15, 0.2) is 0 Å². The quantitative estimate of drug-likeness (QED) is 0.868. The van der Waals surface area contributed by atoms with Crippen molar-refractivity contribution in [1.82, 2.24) is 0 Å². The van der Waals surface area contributed by atoms with Gasteiger partial charge in [0.2, 0.25) is 0 Å². The number of ether oxygens (including phenoxy) is 1. The number of nitrogens with two attached hydrogens (primary N) is 1. The van der Waals surface area contributed by atoms with Crippen molar-refractivity contribution in [2.75, 3.05) is 6.61 Å². The topological polar surface area (TPSA) is 35.2 Å². The second-order valence-corrected chi connectivity index (χ2v) is 5.15. The first-order valence-corrected chi connectivity index (χ1v) is 6.69. The highest BCUT2D eigenvalue weighted by molar-refractivity contribution is 5.34. The van der Waals surface area contributed by atoms with Crippen LogP contribution >= 0.6 is 0 Å². The van der Waals surface area contributed by atoms with E-state index in [0.29, 0.717) is 12.5 Å². The summed E-state index contributed by atoms with van der Waals surface area (Å²) in [6.45, 7) is 4.98. The van der Waals surface area contributed by atoms with Gasteiger partial charge in [-0.1, -0.05) is 31.9 Å². The largest absolute Gasteiger partial charge is 0.494 e. The van der Waals surface area contributed by atoms with Gasteiger partial charge in [0.05, 0.1) is 6.61 Å². The van der Waals surface area contributed by atoms with E-state index in [9.17, 15) is 0 Å². The zero-order valence-electron chi connectivity index (χ0n) is 10.9. The number of hydrogen-bond acceptors (Lipinski definition) is 2. The summed E-state index contributed by atoms with van der Waals surface area (Å²) < 4.78 is 5.56. The predicted molar refractivity (Wildman–Crippen MR) is 71.1 cm³/mol. The van der Waals surface area contributed by atoms with Crippen LogP contribution in [-0.2, 0) is 5.54 Å². The Balaban J connectivity index is 2.28. The Morgan fingerprint density at radius 1 is 1.41 bits per heavy atom. The Morgan fingerprint density at radius 2 is 2.24 bits per heavy atom. The van der Waals surface area contributed by atoms with Crippen LogP contribution in [0.1, 0.15) is 45.1 Å². The van der Waals surface area contributed by atoms with Gasteiger partial charge >= 0.3 is 0 Å². The molecule has 2 nitrogen and oxygen atoms in total. The number of benzene rings is 1. The van der Waals surface area contributed by atoms with E-state index >= 15 is 0 Å². The molecule has 1 saturated carbocycles. The summed E-state index contributed by atoms with van der Waals surface area (Å²) in [4.78, 5) is 0. The molecule has 0 amide bonds. The van der Waals surface area contributed by atoms with Crippen molar-refractivity contribution in [1.29, 1.82) is 0 Å². The molecule has 1 aliphatic rings. The molecule has 0 aromatic heterocycles. The molecule has 0 bridgehead atoms. The minimum atomic E-state index is -0.161. The molecule has 2 N–H and O–H groups in total. The van der Waals surface area contributed by atoms with Gasteiger partial charge in [-0.25, -0.2) is 0 Å². The third kappa shape index (κ3) is 2.47. The minimum Gasteiger partial charge on any atom is -0.494 e. The molecule has 2 atom stereocenters. The fourth-order valence-corrected chi connectivity index (χ4v) is 2.84. The zero-order valence-corrected chi connectivity index (χ0v) is 10.9. The van der Waals surface area contributed by atoms with Gasteiger partial charge in [0.25, 0.3) is 0 Å². The predicted octanol–water partition coefficient (Wildman–Crippen LogP) is 3.45. The summed E-state index contributed by atoms with van der Waals surface area (Å²) in [5.41, 5.74) is 7.70. The molecular weight excluding hydrogens is 210 g/mol. The summed E-state index contributed by atoms with van der Waals surface area (Å²) >= 11 is 0. The Hall–Kier alpha value is -1.02. The second-order valence-electron chi connectivity index (χ2n) is 5.15. The van der Waals surface area contributed by atoms with Crippen molar-refractivity contribution < 1.29 is 4.74 Å². The van der Waals surface area contributed by atoms with E-state index in [1.165, 1.54) is 24.8 Å². The molecule has 2 unspecified atom stereocenters. The van der Waals surface area contributed by atoms with Gasteiger partial charge in [-0.2, -0.15) is 0 Å². The molecule has 1 fully saturated rings. The van der Waals surface area contributed by atoms with E-state index in [-0.39, 0.29) is 5.54 Å². The SMILES string of the molecule is CCOc1cccc(C2(N)CCCCC2C)c1. The van der Waals surface area contributed by atoms with Gasteiger partial charge in [-0.05, 0) is 43.4 Å². The molecule has 17 heavy (non-hydrogen) atoms. The summed E-state index contributed by atoms with van der Waals surface area (Å²) in [6, 6.07) is 8.32. The average Bonchev–Trinajstić information content (AvgIpc) is 2.34. The summed E-state index contributed by atoms with van der Waals surface area (Å²) in [5, 5.41) is 0. The standard InChI is InChI=1S/C15H23NO/c1-3-17-14-9-6-8-13(11-14)15(16)10-5-4-7-12(15)2/h6,8-9,11-12H,3-5,7,10,16H2,1-2H3. The highest BCUT2D eigenvalue weighted by Crippen LogP contribution is 2.40. The van der Waals surface area contributed by atoms with Crippen molar-refractivity contribution >= 4 is 0 Å². The van der Waals surface area contributed by atoms with E-state index in [1.807, 2.05) is 13.0 Å². The fraction of sp³-hybridized carbons (Fsp3) is 0.600. The van der Waals surface area contributed by atoms with E-state index in [0.717, 1.165) is 12.2 Å². The molecular formula is C15H23NO. The van der Waals surface area contributed by atoms with E-state index in [1.54, 1.807) is 0 Å². The molecule has 0 heterocycles. The third-order valence-corrected chi connectivity index (χ3v) is 4.04. The van der Waals surface area contributed by atoms with Crippen LogP contribution in [0.25, 0.3) is 0 Å². The highest BCUT2D eigenvalue weighted by Gasteiger charge is 2.35. The fourth-order valence-electron chi connectivity index (χ4n) is 2.84. The van der Waals surface area contributed by atoms with Crippen LogP contribution in [0.4, 0.5) is 0 Å². The maximum atomic E-state index is 6.63. The van der Waals surface area contributed by atoms with Crippen molar-refractivity contribution in [2.45, 2.75) is 45.1 Å². The van der Waals surface area contributed by atoms with Crippen molar-refractivity contribution in [3.63, 3.8) is 0 Å². The van der Waals surface area contributed by atoms with Crippen molar-refractivity contribution in [2.24, 2.45) is 11.7 Å². The summed E-state index contributed by atoms with van der Waals surface area (Å²) in [7, 11) is 0. The third-order valence-electron chi connectivity index (χ3n) is 4.04. The lowest BCUT2D eigenvalue weighted by Crippen LogP contribution is -2.45. The maximum Gasteiger partial charge on any atom is 0.119 e. The molecule has 1 aliphatic carbocycles. The van der Waals surface area contributed by atoms with Gasteiger partial charge < -0.3 is 10.5 Å². The van der Waals surface area contributed by atoms with Gasteiger partial charge in [0, 0.05) is 5.54 Å².